The van der Waals surface area contributed by atoms with E-state index in [1.165, 1.54) is 0 Å². The summed E-state index contributed by atoms with van der Waals surface area (Å²) in [6.07, 6.45) is 3.94. The molecule has 0 saturated heterocycles. The smallest absolute Gasteiger partial charge is 0.240 e. The second kappa shape index (κ2) is 5.74. The quantitative estimate of drug-likeness (QED) is 0.813. The summed E-state index contributed by atoms with van der Waals surface area (Å²) in [5, 5.41) is 3.47. The van der Waals surface area contributed by atoms with Gasteiger partial charge in [-0.1, -0.05) is 13.8 Å². The van der Waals surface area contributed by atoms with E-state index in [4.69, 9.17) is 0 Å². The Morgan fingerprint density at radius 2 is 1.70 bits per heavy atom. The summed E-state index contributed by atoms with van der Waals surface area (Å²) in [6.45, 7) is 6.47. The zero-order chi connectivity index (χ0) is 14.8. The van der Waals surface area contributed by atoms with Crippen LogP contribution in [0, 0.1) is 0 Å². The number of nitrogens with one attached hydrogen (secondary N) is 2. The summed E-state index contributed by atoms with van der Waals surface area (Å²) < 4.78 is 26.8. The number of hydrogen-bond acceptors (Lipinski definition) is 3. The van der Waals surface area contributed by atoms with Crippen molar-refractivity contribution in [1.82, 2.24) is 4.72 Å². The van der Waals surface area contributed by atoms with Gasteiger partial charge in [-0.15, -0.1) is 0 Å². The minimum absolute atomic E-state index is 0.0483. The van der Waals surface area contributed by atoms with Crippen LogP contribution in [0.3, 0.4) is 0 Å². The highest BCUT2D eigenvalue weighted by molar-refractivity contribution is 7.89. The summed E-state index contributed by atoms with van der Waals surface area (Å²) in [6, 6.07) is 7.15. The summed E-state index contributed by atoms with van der Waals surface area (Å²) in [5.74, 6) is 0. The molecule has 0 unspecified atom stereocenters. The van der Waals surface area contributed by atoms with Gasteiger partial charge in [-0.3, -0.25) is 0 Å². The van der Waals surface area contributed by atoms with Crippen molar-refractivity contribution in [2.24, 2.45) is 0 Å². The largest absolute Gasteiger partial charge is 0.380 e. The monoisotopic (exact) mass is 296 g/mol. The molecule has 2 rings (SSSR count). The molecular formula is C15H24N2O2S. The van der Waals surface area contributed by atoms with Gasteiger partial charge in [0.1, 0.15) is 0 Å². The number of hydrogen-bond donors (Lipinski definition) is 2. The Morgan fingerprint density at radius 1 is 1.15 bits per heavy atom. The summed E-state index contributed by atoms with van der Waals surface area (Å²) >= 11 is 0. The molecule has 0 radical (unpaired) electrons. The highest BCUT2D eigenvalue weighted by Gasteiger charge is 2.28. The molecule has 1 aromatic carbocycles. The van der Waals surface area contributed by atoms with Gasteiger partial charge < -0.3 is 5.32 Å². The lowest BCUT2D eigenvalue weighted by Gasteiger charge is -2.29. The lowest BCUT2D eigenvalue weighted by atomic mass is 9.95. The molecule has 0 aromatic heterocycles. The van der Waals surface area contributed by atoms with Crippen molar-refractivity contribution >= 4 is 15.7 Å². The normalized spacial score (nSPS) is 16.1. The second-order valence-corrected chi connectivity index (χ2v) is 7.53. The van der Waals surface area contributed by atoms with Crippen molar-refractivity contribution in [2.45, 2.75) is 62.9 Å². The van der Waals surface area contributed by atoms with Crippen LogP contribution >= 0.6 is 0 Å². The molecule has 0 heterocycles. The first-order chi connectivity index (χ1) is 9.38. The lowest BCUT2D eigenvalue weighted by Crippen LogP contribution is -2.32. The Kier molecular flexibility index (Phi) is 4.39. The van der Waals surface area contributed by atoms with Crippen LogP contribution in [-0.2, 0) is 10.0 Å². The van der Waals surface area contributed by atoms with Gasteiger partial charge in [0.15, 0.2) is 0 Å². The van der Waals surface area contributed by atoms with Crippen LogP contribution in [-0.4, -0.2) is 20.0 Å². The van der Waals surface area contributed by atoms with E-state index in [1.54, 1.807) is 12.1 Å². The Balaban J connectivity index is 2.09. The Morgan fingerprint density at radius 3 is 2.15 bits per heavy atom. The van der Waals surface area contributed by atoms with Crippen LogP contribution in [0.25, 0.3) is 0 Å². The molecule has 0 aliphatic heterocycles. The van der Waals surface area contributed by atoms with Gasteiger partial charge in [0.2, 0.25) is 10.0 Å². The Bertz CT molecular complexity index is 544. The van der Waals surface area contributed by atoms with E-state index in [9.17, 15) is 8.42 Å². The summed E-state index contributed by atoms with van der Waals surface area (Å²) in [5.41, 5.74) is 1.01. The van der Waals surface area contributed by atoms with Crippen LogP contribution in [0.2, 0.25) is 0 Å². The van der Waals surface area contributed by atoms with Gasteiger partial charge in [0.25, 0.3) is 0 Å². The van der Waals surface area contributed by atoms with Crippen molar-refractivity contribution in [3.63, 3.8) is 0 Å². The van der Waals surface area contributed by atoms with E-state index in [-0.39, 0.29) is 11.6 Å². The number of anilines is 1. The van der Waals surface area contributed by atoms with Crippen LogP contribution in [0.4, 0.5) is 5.69 Å². The lowest BCUT2D eigenvalue weighted by molar-refractivity contribution is 0.478. The fourth-order valence-corrected chi connectivity index (χ4v) is 3.29. The summed E-state index contributed by atoms with van der Waals surface area (Å²) in [7, 11) is -3.35. The highest BCUT2D eigenvalue weighted by Crippen LogP contribution is 2.25. The van der Waals surface area contributed by atoms with E-state index in [0.717, 1.165) is 31.4 Å². The number of rotatable bonds is 7. The first-order valence-corrected chi connectivity index (χ1v) is 8.77. The third kappa shape index (κ3) is 3.73. The highest BCUT2D eigenvalue weighted by atomic mass is 32.2. The topological polar surface area (TPSA) is 58.2 Å². The van der Waals surface area contributed by atoms with E-state index >= 15 is 0 Å². The zero-order valence-corrected chi connectivity index (χ0v) is 13.3. The fraction of sp³-hybridized carbons (Fsp3) is 0.600. The van der Waals surface area contributed by atoms with E-state index in [0.29, 0.717) is 4.90 Å². The van der Waals surface area contributed by atoms with Crippen molar-refractivity contribution < 1.29 is 8.42 Å². The average Bonchev–Trinajstić information content (AvgIpc) is 3.22. The molecule has 0 spiro atoms. The molecule has 1 aliphatic rings. The minimum Gasteiger partial charge on any atom is -0.380 e. The van der Waals surface area contributed by atoms with E-state index in [1.807, 2.05) is 12.1 Å². The van der Waals surface area contributed by atoms with Gasteiger partial charge in [0.05, 0.1) is 4.90 Å². The first-order valence-electron chi connectivity index (χ1n) is 7.29. The van der Waals surface area contributed by atoms with Gasteiger partial charge in [0, 0.05) is 17.3 Å². The van der Waals surface area contributed by atoms with Crippen LogP contribution < -0.4 is 10.0 Å². The maximum absolute atomic E-state index is 12.1. The molecule has 0 bridgehead atoms. The first kappa shape index (κ1) is 15.3. The third-order valence-electron chi connectivity index (χ3n) is 4.07. The molecule has 1 aliphatic carbocycles. The molecule has 5 heteroatoms. The molecule has 1 aromatic rings. The molecule has 1 fully saturated rings. The molecule has 112 valence electrons. The maximum Gasteiger partial charge on any atom is 0.240 e. The standard InChI is InChI=1S/C15H24N2O2S/c1-4-15(3,5-2)16-12-8-10-14(11-9-12)20(18,19)17-13-6-7-13/h8-11,13,16-17H,4-7H2,1-3H3. The Hall–Kier alpha value is -1.07. The number of sulfonamides is 1. The van der Waals surface area contributed by atoms with E-state index < -0.39 is 10.0 Å². The predicted octanol–water partition coefficient (Wildman–Crippen LogP) is 3.12. The molecule has 20 heavy (non-hydrogen) atoms. The van der Waals surface area contributed by atoms with Gasteiger partial charge in [-0.05, 0) is 56.9 Å². The maximum atomic E-state index is 12.1. The molecule has 2 N–H and O–H groups in total. The molecular weight excluding hydrogens is 272 g/mol. The summed E-state index contributed by atoms with van der Waals surface area (Å²) in [4.78, 5) is 0.338. The third-order valence-corrected chi connectivity index (χ3v) is 5.61. The van der Waals surface area contributed by atoms with Gasteiger partial charge in [-0.2, -0.15) is 0 Å². The number of benzene rings is 1. The Labute approximate surface area is 122 Å². The van der Waals surface area contributed by atoms with Gasteiger partial charge >= 0.3 is 0 Å². The van der Waals surface area contributed by atoms with Crippen molar-refractivity contribution in [2.75, 3.05) is 5.32 Å². The SMILES string of the molecule is CCC(C)(CC)Nc1ccc(S(=O)(=O)NC2CC2)cc1. The molecule has 0 atom stereocenters. The van der Waals surface area contributed by atoms with Crippen molar-refractivity contribution in [3.8, 4) is 0 Å². The van der Waals surface area contributed by atoms with Crippen molar-refractivity contribution in [3.05, 3.63) is 24.3 Å². The van der Waals surface area contributed by atoms with Crippen LogP contribution in [0.1, 0.15) is 46.5 Å². The second-order valence-electron chi connectivity index (χ2n) is 5.81. The van der Waals surface area contributed by atoms with Crippen molar-refractivity contribution in [1.29, 1.82) is 0 Å². The fourth-order valence-electron chi connectivity index (χ4n) is 1.98. The zero-order valence-electron chi connectivity index (χ0n) is 12.4. The average molecular weight is 296 g/mol. The minimum atomic E-state index is -3.35. The van der Waals surface area contributed by atoms with Crippen LogP contribution in [0.15, 0.2) is 29.2 Å². The molecule has 1 saturated carbocycles. The van der Waals surface area contributed by atoms with Crippen LogP contribution in [0.5, 0.6) is 0 Å². The predicted molar refractivity (Wildman–Crippen MR) is 82.4 cm³/mol. The van der Waals surface area contributed by atoms with Gasteiger partial charge in [-0.25, -0.2) is 13.1 Å². The molecule has 4 nitrogen and oxygen atoms in total. The molecule has 0 amide bonds. The van der Waals surface area contributed by atoms with E-state index in [2.05, 4.69) is 30.8 Å².